The lowest BCUT2D eigenvalue weighted by Crippen LogP contribution is -1.89. The van der Waals surface area contributed by atoms with Gasteiger partial charge in [-0.15, -0.1) is 0 Å². The van der Waals surface area contributed by atoms with Crippen LogP contribution in [0.2, 0.25) is 0 Å². The maximum atomic E-state index is 13.5. The predicted octanol–water partition coefficient (Wildman–Crippen LogP) is 3.12. The minimum atomic E-state index is -0.630. The fourth-order valence-corrected chi connectivity index (χ4v) is 1.48. The van der Waals surface area contributed by atoms with Crippen LogP contribution in [0.5, 0.6) is 0 Å². The molecule has 0 radical (unpaired) electrons. The van der Waals surface area contributed by atoms with Gasteiger partial charge in [-0.2, -0.15) is 0 Å². The van der Waals surface area contributed by atoms with Crippen molar-refractivity contribution in [2.45, 2.75) is 0 Å². The first-order chi connectivity index (χ1) is 6.70. The number of H-pyrrole nitrogens is 1. The molecule has 0 saturated carbocycles. The molecule has 0 spiro atoms. The average molecular weight is 259 g/mol. The van der Waals surface area contributed by atoms with E-state index in [9.17, 15) is 8.78 Å². The molecule has 0 aliphatic rings. The largest absolute Gasteiger partial charge is 0.345 e. The molecule has 1 aromatic heterocycles. The molecule has 14 heavy (non-hydrogen) atoms. The maximum absolute atomic E-state index is 13.5. The van der Waals surface area contributed by atoms with Crippen LogP contribution >= 0.6 is 15.9 Å². The average Bonchev–Trinajstić information content (AvgIpc) is 2.67. The van der Waals surface area contributed by atoms with Crippen LogP contribution in [-0.2, 0) is 0 Å². The van der Waals surface area contributed by atoms with E-state index in [1.165, 1.54) is 24.7 Å². The lowest BCUT2D eigenvalue weighted by Gasteiger charge is -2.02. The van der Waals surface area contributed by atoms with Crippen molar-refractivity contribution in [2.75, 3.05) is 0 Å². The molecule has 0 saturated heterocycles. The van der Waals surface area contributed by atoms with Gasteiger partial charge in [-0.1, -0.05) is 0 Å². The third-order valence-electron chi connectivity index (χ3n) is 1.82. The minimum absolute atomic E-state index is 0.162. The van der Waals surface area contributed by atoms with Crippen LogP contribution in [0.1, 0.15) is 0 Å². The van der Waals surface area contributed by atoms with Gasteiger partial charge in [0.2, 0.25) is 0 Å². The van der Waals surface area contributed by atoms with Crippen molar-refractivity contribution in [3.63, 3.8) is 0 Å². The molecule has 2 rings (SSSR count). The summed E-state index contributed by atoms with van der Waals surface area (Å²) in [6.07, 6.45) is 2.91. The molecule has 72 valence electrons. The van der Waals surface area contributed by atoms with Gasteiger partial charge in [0.05, 0.1) is 22.7 Å². The van der Waals surface area contributed by atoms with Gasteiger partial charge in [-0.3, -0.25) is 0 Å². The summed E-state index contributed by atoms with van der Waals surface area (Å²) < 4.78 is 26.2. The Morgan fingerprint density at radius 1 is 1.29 bits per heavy atom. The smallest absolute Gasteiger partial charge is 0.149 e. The van der Waals surface area contributed by atoms with E-state index in [4.69, 9.17) is 0 Å². The molecule has 1 heterocycles. The molecule has 0 fully saturated rings. The number of hydrogen-bond acceptors (Lipinski definition) is 1. The molecular weight excluding hydrogens is 254 g/mol. The topological polar surface area (TPSA) is 28.7 Å². The van der Waals surface area contributed by atoms with Gasteiger partial charge in [0.1, 0.15) is 11.6 Å². The summed E-state index contributed by atoms with van der Waals surface area (Å²) in [5, 5.41) is 0. The van der Waals surface area contributed by atoms with E-state index < -0.39 is 11.6 Å². The third-order valence-corrected chi connectivity index (χ3v) is 2.55. The minimum Gasteiger partial charge on any atom is -0.345 e. The van der Waals surface area contributed by atoms with E-state index in [0.717, 1.165) is 0 Å². The zero-order valence-electron chi connectivity index (χ0n) is 6.89. The Labute approximate surface area is 87.1 Å². The Kier molecular flexibility index (Phi) is 2.33. The van der Waals surface area contributed by atoms with Crippen molar-refractivity contribution in [1.82, 2.24) is 9.97 Å². The quantitative estimate of drug-likeness (QED) is 0.783. The normalized spacial score (nSPS) is 10.5. The van der Waals surface area contributed by atoms with Crippen LogP contribution in [0.15, 0.2) is 29.1 Å². The van der Waals surface area contributed by atoms with Crippen LogP contribution in [-0.4, -0.2) is 9.97 Å². The van der Waals surface area contributed by atoms with E-state index in [-0.39, 0.29) is 10.0 Å². The molecule has 0 unspecified atom stereocenters. The molecular formula is C9H5BrF2N2. The van der Waals surface area contributed by atoms with Gasteiger partial charge in [0.15, 0.2) is 0 Å². The third kappa shape index (κ3) is 1.43. The summed E-state index contributed by atoms with van der Waals surface area (Å²) in [6.45, 7) is 0. The first-order valence-electron chi connectivity index (χ1n) is 3.82. The van der Waals surface area contributed by atoms with Crippen molar-refractivity contribution >= 4 is 15.9 Å². The Morgan fingerprint density at radius 2 is 2.07 bits per heavy atom. The number of nitrogens with zero attached hydrogens (tertiary/aromatic N) is 1. The fraction of sp³-hybridized carbons (Fsp3) is 0. The van der Waals surface area contributed by atoms with Crippen molar-refractivity contribution in [1.29, 1.82) is 0 Å². The highest BCUT2D eigenvalue weighted by molar-refractivity contribution is 9.10. The van der Waals surface area contributed by atoms with Crippen molar-refractivity contribution in [2.24, 2.45) is 0 Å². The second-order valence-corrected chi connectivity index (χ2v) is 3.48. The first-order valence-corrected chi connectivity index (χ1v) is 4.61. The van der Waals surface area contributed by atoms with Gasteiger partial charge < -0.3 is 4.98 Å². The molecule has 2 nitrogen and oxygen atoms in total. The van der Waals surface area contributed by atoms with E-state index in [0.29, 0.717) is 5.69 Å². The van der Waals surface area contributed by atoms with Crippen LogP contribution in [0.3, 0.4) is 0 Å². The zero-order valence-corrected chi connectivity index (χ0v) is 8.48. The lowest BCUT2D eigenvalue weighted by molar-refractivity contribution is 0.574. The van der Waals surface area contributed by atoms with E-state index in [1.54, 1.807) is 0 Å². The molecule has 2 aromatic rings. The molecule has 1 N–H and O–H groups in total. The van der Waals surface area contributed by atoms with Crippen LogP contribution in [0.4, 0.5) is 8.78 Å². The number of nitrogens with one attached hydrogen (secondary N) is 1. The highest BCUT2D eigenvalue weighted by atomic mass is 79.9. The highest BCUT2D eigenvalue weighted by Crippen LogP contribution is 2.28. The fourth-order valence-electron chi connectivity index (χ4n) is 1.14. The van der Waals surface area contributed by atoms with E-state index in [2.05, 4.69) is 25.9 Å². The summed E-state index contributed by atoms with van der Waals surface area (Å²) >= 11 is 2.83. The molecule has 0 bridgehead atoms. The Bertz CT molecular complexity index is 454. The van der Waals surface area contributed by atoms with Crippen LogP contribution in [0, 0.1) is 11.6 Å². The summed E-state index contributed by atoms with van der Waals surface area (Å²) in [5.41, 5.74) is 0.805. The highest BCUT2D eigenvalue weighted by Gasteiger charge is 2.12. The Balaban J connectivity index is 2.61. The SMILES string of the molecule is Fc1ccc(-c2cnc[nH]2)c(F)c1Br. The summed E-state index contributed by atoms with van der Waals surface area (Å²) in [4.78, 5) is 6.51. The number of benzene rings is 1. The molecule has 0 aliphatic carbocycles. The molecule has 1 aromatic carbocycles. The van der Waals surface area contributed by atoms with Crippen molar-refractivity contribution in [3.05, 3.63) is 40.8 Å². The van der Waals surface area contributed by atoms with Gasteiger partial charge >= 0.3 is 0 Å². The number of hydrogen-bond donors (Lipinski definition) is 1. The molecule has 0 atom stereocenters. The summed E-state index contributed by atoms with van der Waals surface area (Å²) in [5.74, 6) is -1.25. The lowest BCUT2D eigenvalue weighted by atomic mass is 10.1. The second kappa shape index (κ2) is 3.49. The Hall–Kier alpha value is -1.23. The molecule has 5 heteroatoms. The summed E-state index contributed by atoms with van der Waals surface area (Å²) in [7, 11) is 0. The van der Waals surface area contributed by atoms with Gasteiger partial charge in [0, 0.05) is 5.56 Å². The first kappa shape index (κ1) is 9.33. The van der Waals surface area contributed by atoms with Crippen LogP contribution in [0.25, 0.3) is 11.3 Å². The Morgan fingerprint density at radius 3 is 2.71 bits per heavy atom. The van der Waals surface area contributed by atoms with Gasteiger partial charge in [0.25, 0.3) is 0 Å². The van der Waals surface area contributed by atoms with E-state index >= 15 is 0 Å². The van der Waals surface area contributed by atoms with Gasteiger partial charge in [-0.05, 0) is 28.1 Å². The number of aromatic nitrogens is 2. The predicted molar refractivity (Wildman–Crippen MR) is 51.6 cm³/mol. The van der Waals surface area contributed by atoms with E-state index in [1.807, 2.05) is 0 Å². The van der Waals surface area contributed by atoms with Crippen molar-refractivity contribution < 1.29 is 8.78 Å². The van der Waals surface area contributed by atoms with Crippen LogP contribution < -0.4 is 0 Å². The maximum Gasteiger partial charge on any atom is 0.149 e. The zero-order chi connectivity index (χ0) is 10.1. The number of halogens is 3. The second-order valence-electron chi connectivity index (χ2n) is 2.69. The number of aromatic amines is 1. The standard InChI is InChI=1S/C9H5BrF2N2/c10-8-6(11)2-1-5(9(8)12)7-3-13-4-14-7/h1-4H,(H,13,14). The molecule has 0 aliphatic heterocycles. The van der Waals surface area contributed by atoms with Crippen molar-refractivity contribution in [3.8, 4) is 11.3 Å². The number of imidazole rings is 1. The number of rotatable bonds is 1. The monoisotopic (exact) mass is 258 g/mol. The summed E-state index contributed by atoms with van der Waals surface area (Å²) in [6, 6.07) is 2.56. The van der Waals surface area contributed by atoms with Gasteiger partial charge in [-0.25, -0.2) is 13.8 Å². The molecule has 0 amide bonds.